The summed E-state index contributed by atoms with van der Waals surface area (Å²) < 4.78 is 0. The Morgan fingerprint density at radius 3 is 2.39 bits per heavy atom. The minimum atomic E-state index is -0.832. The molecule has 0 aromatic carbocycles. The number of hydrogen-bond acceptors (Lipinski definition) is 5. The van der Waals surface area contributed by atoms with Crippen molar-refractivity contribution in [3.05, 3.63) is 0 Å². The van der Waals surface area contributed by atoms with E-state index in [1.807, 2.05) is 6.26 Å². The second-order valence-corrected chi connectivity index (χ2v) is 8.34. The molecule has 158 valence electrons. The maximum absolute atomic E-state index is 12.9. The third-order valence-corrected chi connectivity index (χ3v) is 5.80. The van der Waals surface area contributed by atoms with Gasteiger partial charge in [0, 0.05) is 19.6 Å². The van der Waals surface area contributed by atoms with Gasteiger partial charge in [-0.05, 0) is 25.5 Å². The number of nitrogens with one attached hydrogen (secondary N) is 2. The van der Waals surface area contributed by atoms with E-state index in [0.717, 1.165) is 25.7 Å². The molecule has 2 atom stereocenters. The van der Waals surface area contributed by atoms with Crippen molar-refractivity contribution in [1.82, 2.24) is 20.4 Å². The lowest BCUT2D eigenvalue weighted by Crippen LogP contribution is -2.57. The number of thioether (sulfide) groups is 1. The Balaban J connectivity index is 2.06. The first-order chi connectivity index (χ1) is 13.3. The molecule has 0 radical (unpaired) electrons. The molecular weight excluding hydrogens is 382 g/mol. The first kappa shape index (κ1) is 22.3. The molecule has 10 heteroatoms. The second kappa shape index (κ2) is 10.5. The van der Waals surface area contributed by atoms with E-state index < -0.39 is 23.9 Å². The Hall–Kier alpha value is -1.97. The van der Waals surface area contributed by atoms with Crippen LogP contribution in [0.1, 0.15) is 38.5 Å². The normalized spacial score (nSPS) is 22.6. The lowest BCUT2D eigenvalue weighted by atomic mass is 9.96. The number of primary amides is 1. The van der Waals surface area contributed by atoms with Crippen LogP contribution in [-0.2, 0) is 14.4 Å². The molecule has 0 unspecified atom stereocenters. The molecular formula is C18H31N5O4S. The summed E-state index contributed by atoms with van der Waals surface area (Å²) in [5, 5.41) is 5.86. The van der Waals surface area contributed by atoms with Crippen LogP contribution in [0, 0.1) is 0 Å². The summed E-state index contributed by atoms with van der Waals surface area (Å²) in [5.41, 5.74) is 5.20. The largest absolute Gasteiger partial charge is 0.368 e. The number of hydrogen-bond donors (Lipinski definition) is 3. The number of urea groups is 1. The number of likely N-dealkylation sites (tertiary alicyclic amines) is 1. The fraction of sp³-hybridized carbons (Fsp3) is 0.778. The van der Waals surface area contributed by atoms with Gasteiger partial charge in [-0.2, -0.15) is 11.8 Å². The van der Waals surface area contributed by atoms with E-state index in [0.29, 0.717) is 13.0 Å². The van der Waals surface area contributed by atoms with Gasteiger partial charge in [0.05, 0.1) is 18.3 Å². The summed E-state index contributed by atoms with van der Waals surface area (Å²) in [7, 11) is 1.47. The quantitative estimate of drug-likeness (QED) is 0.537. The molecule has 1 saturated carbocycles. The first-order valence-corrected chi connectivity index (χ1v) is 11.1. The molecule has 2 fully saturated rings. The SMILES string of the molecule is CSCC(=O)N1CC[C@H](NC(=O)NC2CCCCC2)[C@H]1C(=O)N(C)CC(N)=O. The Bertz CT molecular complexity index is 597. The standard InChI is InChI=1S/C18H31N5O4S/c1-22(10-14(19)24)17(26)16-13(8-9-23(16)15(25)11-28-2)21-18(27)20-12-6-4-3-5-7-12/h12-13,16H,3-11H2,1-2H3,(H2,19,24)(H2,20,21,27)/t13-,16-/m0/s1. The number of rotatable bonds is 7. The number of nitrogens with two attached hydrogens (primary N) is 1. The fourth-order valence-corrected chi connectivity index (χ4v) is 4.33. The van der Waals surface area contributed by atoms with Gasteiger partial charge in [-0.3, -0.25) is 14.4 Å². The van der Waals surface area contributed by atoms with Crippen LogP contribution < -0.4 is 16.4 Å². The van der Waals surface area contributed by atoms with Gasteiger partial charge in [0.25, 0.3) is 0 Å². The zero-order chi connectivity index (χ0) is 20.7. The van der Waals surface area contributed by atoms with Gasteiger partial charge < -0.3 is 26.2 Å². The zero-order valence-electron chi connectivity index (χ0n) is 16.6. The van der Waals surface area contributed by atoms with Crippen molar-refractivity contribution >= 4 is 35.5 Å². The molecule has 0 spiro atoms. The lowest BCUT2D eigenvalue weighted by Gasteiger charge is -2.31. The highest BCUT2D eigenvalue weighted by molar-refractivity contribution is 7.99. The van der Waals surface area contributed by atoms with E-state index in [1.54, 1.807) is 0 Å². The summed E-state index contributed by atoms with van der Waals surface area (Å²) in [6, 6.07) is -1.50. The monoisotopic (exact) mass is 413 g/mol. The Labute approximate surface area is 170 Å². The molecule has 1 heterocycles. The number of amides is 5. The third-order valence-electron chi connectivity index (χ3n) is 5.27. The molecule has 1 aliphatic heterocycles. The predicted molar refractivity (Wildman–Crippen MR) is 108 cm³/mol. The van der Waals surface area contributed by atoms with Crippen LogP contribution in [0.3, 0.4) is 0 Å². The smallest absolute Gasteiger partial charge is 0.315 e. The van der Waals surface area contributed by atoms with E-state index in [2.05, 4.69) is 10.6 Å². The molecule has 2 rings (SSSR count). The maximum Gasteiger partial charge on any atom is 0.315 e. The van der Waals surface area contributed by atoms with Gasteiger partial charge in [0.1, 0.15) is 6.04 Å². The average molecular weight is 414 g/mol. The zero-order valence-corrected chi connectivity index (χ0v) is 17.4. The topological polar surface area (TPSA) is 125 Å². The van der Waals surface area contributed by atoms with E-state index >= 15 is 0 Å². The Morgan fingerprint density at radius 1 is 1.11 bits per heavy atom. The third kappa shape index (κ3) is 6.02. The highest BCUT2D eigenvalue weighted by atomic mass is 32.2. The lowest BCUT2D eigenvalue weighted by molar-refractivity contribution is -0.143. The van der Waals surface area contributed by atoms with Gasteiger partial charge in [-0.15, -0.1) is 0 Å². The van der Waals surface area contributed by atoms with E-state index in [1.165, 1.54) is 35.0 Å². The Morgan fingerprint density at radius 2 is 1.79 bits per heavy atom. The molecule has 0 aromatic heterocycles. The summed E-state index contributed by atoms with van der Waals surface area (Å²) in [5.74, 6) is -0.927. The summed E-state index contributed by atoms with van der Waals surface area (Å²) in [4.78, 5) is 51.8. The van der Waals surface area contributed by atoms with Crippen LogP contribution in [0.4, 0.5) is 4.79 Å². The van der Waals surface area contributed by atoms with E-state index in [4.69, 9.17) is 5.73 Å². The number of likely N-dealkylation sites (N-methyl/N-ethyl adjacent to an activating group) is 1. The highest BCUT2D eigenvalue weighted by Crippen LogP contribution is 2.22. The van der Waals surface area contributed by atoms with E-state index in [-0.39, 0.29) is 30.3 Å². The highest BCUT2D eigenvalue weighted by Gasteiger charge is 2.43. The average Bonchev–Trinajstić information content (AvgIpc) is 3.04. The number of carbonyl (C=O) groups excluding carboxylic acids is 4. The van der Waals surface area contributed by atoms with Crippen LogP contribution in [0.25, 0.3) is 0 Å². The van der Waals surface area contributed by atoms with Crippen molar-refractivity contribution in [3.8, 4) is 0 Å². The number of nitrogens with zero attached hydrogens (tertiary/aromatic N) is 2. The molecule has 28 heavy (non-hydrogen) atoms. The van der Waals surface area contributed by atoms with Gasteiger partial charge in [-0.1, -0.05) is 19.3 Å². The Kier molecular flexibility index (Phi) is 8.40. The van der Waals surface area contributed by atoms with Crippen molar-refractivity contribution in [2.24, 2.45) is 5.73 Å². The van der Waals surface area contributed by atoms with Gasteiger partial charge in [0.15, 0.2) is 0 Å². The molecule has 4 N–H and O–H groups in total. The fourth-order valence-electron chi connectivity index (χ4n) is 3.91. The number of carbonyl (C=O) groups is 4. The molecule has 0 aromatic rings. The maximum atomic E-state index is 12.9. The van der Waals surface area contributed by atoms with Crippen molar-refractivity contribution in [3.63, 3.8) is 0 Å². The molecule has 9 nitrogen and oxygen atoms in total. The molecule has 2 aliphatic rings. The van der Waals surface area contributed by atoms with Crippen LogP contribution >= 0.6 is 11.8 Å². The van der Waals surface area contributed by atoms with Crippen LogP contribution in [0.5, 0.6) is 0 Å². The minimum absolute atomic E-state index is 0.149. The summed E-state index contributed by atoms with van der Waals surface area (Å²) in [6.45, 7) is 0.148. The minimum Gasteiger partial charge on any atom is -0.368 e. The van der Waals surface area contributed by atoms with Crippen molar-refractivity contribution < 1.29 is 19.2 Å². The van der Waals surface area contributed by atoms with E-state index in [9.17, 15) is 19.2 Å². The van der Waals surface area contributed by atoms with Crippen LogP contribution in [0.2, 0.25) is 0 Å². The summed E-state index contributed by atoms with van der Waals surface area (Å²) in [6.07, 6.45) is 7.61. The first-order valence-electron chi connectivity index (χ1n) is 9.72. The van der Waals surface area contributed by atoms with Crippen molar-refractivity contribution in [2.45, 2.75) is 56.7 Å². The van der Waals surface area contributed by atoms with Gasteiger partial charge in [-0.25, -0.2) is 4.79 Å². The summed E-state index contributed by atoms with van der Waals surface area (Å²) >= 11 is 1.38. The van der Waals surface area contributed by atoms with Crippen LogP contribution in [0.15, 0.2) is 0 Å². The molecule has 5 amide bonds. The molecule has 1 aliphatic carbocycles. The van der Waals surface area contributed by atoms with Crippen molar-refractivity contribution in [2.75, 3.05) is 32.1 Å². The van der Waals surface area contributed by atoms with Gasteiger partial charge >= 0.3 is 6.03 Å². The van der Waals surface area contributed by atoms with Crippen molar-refractivity contribution in [1.29, 1.82) is 0 Å². The van der Waals surface area contributed by atoms with Crippen LogP contribution in [-0.4, -0.2) is 83.8 Å². The molecule has 0 bridgehead atoms. The molecule has 1 saturated heterocycles. The second-order valence-electron chi connectivity index (χ2n) is 7.47. The predicted octanol–water partition coefficient (Wildman–Crippen LogP) is -0.105. The van der Waals surface area contributed by atoms with Gasteiger partial charge in [0.2, 0.25) is 17.7 Å².